The van der Waals surface area contributed by atoms with Crippen molar-refractivity contribution in [2.75, 3.05) is 17.6 Å². The molecule has 0 saturated carbocycles. The fourth-order valence-electron chi connectivity index (χ4n) is 1.21. The topological polar surface area (TPSA) is 38.0 Å². The Kier molecular flexibility index (Phi) is 3.22. The summed E-state index contributed by atoms with van der Waals surface area (Å²) in [6.07, 6.45) is 0. The monoisotopic (exact) mass is 210 g/mol. The van der Waals surface area contributed by atoms with Crippen molar-refractivity contribution >= 4 is 11.4 Å². The highest BCUT2D eigenvalue weighted by atomic mass is 19.1. The normalized spacial score (nSPS) is 11.5. The summed E-state index contributed by atoms with van der Waals surface area (Å²) in [4.78, 5) is 0. The van der Waals surface area contributed by atoms with Crippen molar-refractivity contribution in [1.29, 1.82) is 0 Å². The molecule has 3 heteroatoms. The number of nitrogens with two attached hydrogens (primary N) is 1. The second kappa shape index (κ2) is 4.09. The molecule has 0 heterocycles. The van der Waals surface area contributed by atoms with Crippen LogP contribution in [0.1, 0.15) is 26.3 Å². The van der Waals surface area contributed by atoms with Gasteiger partial charge in [0.05, 0.1) is 11.4 Å². The maximum atomic E-state index is 13.1. The van der Waals surface area contributed by atoms with E-state index in [0.717, 1.165) is 12.2 Å². The molecular weight excluding hydrogens is 191 g/mol. The van der Waals surface area contributed by atoms with Gasteiger partial charge in [0.15, 0.2) is 0 Å². The maximum Gasteiger partial charge on any atom is 0.128 e. The van der Waals surface area contributed by atoms with Crippen LogP contribution in [0.5, 0.6) is 0 Å². The highest BCUT2D eigenvalue weighted by molar-refractivity contribution is 5.67. The van der Waals surface area contributed by atoms with Gasteiger partial charge in [-0.15, -0.1) is 0 Å². The number of benzene rings is 1. The first-order valence-corrected chi connectivity index (χ1v) is 5.09. The lowest BCUT2D eigenvalue weighted by Crippen LogP contribution is -2.19. The lowest BCUT2D eigenvalue weighted by Gasteiger charge is -2.20. The van der Waals surface area contributed by atoms with E-state index in [1.54, 1.807) is 13.0 Å². The summed E-state index contributed by atoms with van der Waals surface area (Å²) in [6, 6.07) is 3.11. The minimum absolute atomic E-state index is 0.175. The Morgan fingerprint density at radius 3 is 2.47 bits per heavy atom. The quantitative estimate of drug-likeness (QED) is 0.736. The summed E-state index contributed by atoms with van der Waals surface area (Å²) in [5, 5.41) is 3.23. The molecule has 0 atom stereocenters. The Morgan fingerprint density at radius 1 is 1.33 bits per heavy atom. The third-order valence-corrected chi connectivity index (χ3v) is 2.14. The van der Waals surface area contributed by atoms with Gasteiger partial charge in [0, 0.05) is 6.54 Å². The van der Waals surface area contributed by atoms with Crippen LogP contribution >= 0.6 is 0 Å². The standard InChI is InChI=1S/C12H19FN2/c1-8-5-11(10(14)6-9(8)13)15-7-12(2,3)4/h5-6,15H,7,14H2,1-4H3. The van der Waals surface area contributed by atoms with Gasteiger partial charge in [-0.2, -0.15) is 0 Å². The molecule has 0 aliphatic rings. The number of hydrogen-bond acceptors (Lipinski definition) is 2. The lowest BCUT2D eigenvalue weighted by molar-refractivity contribution is 0.443. The fourth-order valence-corrected chi connectivity index (χ4v) is 1.21. The molecule has 0 aliphatic carbocycles. The lowest BCUT2D eigenvalue weighted by atomic mass is 9.97. The van der Waals surface area contributed by atoms with Crippen molar-refractivity contribution in [1.82, 2.24) is 0 Å². The zero-order valence-electron chi connectivity index (χ0n) is 9.82. The van der Waals surface area contributed by atoms with Gasteiger partial charge in [-0.1, -0.05) is 20.8 Å². The highest BCUT2D eigenvalue weighted by Gasteiger charge is 2.11. The molecular formula is C12H19FN2. The molecule has 1 aromatic rings. The average molecular weight is 210 g/mol. The molecule has 0 amide bonds. The maximum absolute atomic E-state index is 13.1. The molecule has 84 valence electrons. The number of halogens is 1. The zero-order chi connectivity index (χ0) is 11.6. The van der Waals surface area contributed by atoms with E-state index in [-0.39, 0.29) is 11.2 Å². The van der Waals surface area contributed by atoms with E-state index in [9.17, 15) is 4.39 Å². The molecule has 0 saturated heterocycles. The van der Waals surface area contributed by atoms with Gasteiger partial charge in [0.25, 0.3) is 0 Å². The summed E-state index contributed by atoms with van der Waals surface area (Å²) < 4.78 is 13.1. The molecule has 0 spiro atoms. The Morgan fingerprint density at radius 2 is 1.93 bits per heavy atom. The van der Waals surface area contributed by atoms with E-state index in [2.05, 4.69) is 26.1 Å². The minimum Gasteiger partial charge on any atom is -0.397 e. The van der Waals surface area contributed by atoms with E-state index in [0.29, 0.717) is 11.3 Å². The third-order valence-electron chi connectivity index (χ3n) is 2.14. The number of nitrogen functional groups attached to an aromatic ring is 1. The van der Waals surface area contributed by atoms with Crippen molar-refractivity contribution in [3.8, 4) is 0 Å². The van der Waals surface area contributed by atoms with Gasteiger partial charge in [-0.05, 0) is 30.0 Å². The molecule has 0 aromatic heterocycles. The molecule has 0 bridgehead atoms. The summed E-state index contributed by atoms with van der Waals surface area (Å²) in [5.74, 6) is -0.256. The molecule has 0 unspecified atom stereocenters. The first kappa shape index (κ1) is 11.8. The predicted octanol–water partition coefficient (Wildman–Crippen LogP) is 3.17. The van der Waals surface area contributed by atoms with Crippen LogP contribution in [0, 0.1) is 18.2 Å². The van der Waals surface area contributed by atoms with Crippen molar-refractivity contribution in [2.24, 2.45) is 5.41 Å². The van der Waals surface area contributed by atoms with E-state index in [1.807, 2.05) is 0 Å². The predicted molar refractivity (Wildman–Crippen MR) is 63.5 cm³/mol. The van der Waals surface area contributed by atoms with Gasteiger partial charge < -0.3 is 11.1 Å². The molecule has 0 aliphatic heterocycles. The number of hydrogen-bond donors (Lipinski definition) is 2. The summed E-state index contributed by atoms with van der Waals surface area (Å²) >= 11 is 0. The third kappa shape index (κ3) is 3.42. The van der Waals surface area contributed by atoms with Crippen molar-refractivity contribution in [3.63, 3.8) is 0 Å². The summed E-state index contributed by atoms with van der Waals surface area (Å²) in [5.41, 5.74) is 7.77. The van der Waals surface area contributed by atoms with Crippen molar-refractivity contribution < 1.29 is 4.39 Å². The molecule has 15 heavy (non-hydrogen) atoms. The van der Waals surface area contributed by atoms with Crippen molar-refractivity contribution in [2.45, 2.75) is 27.7 Å². The first-order chi connectivity index (χ1) is 6.79. The van der Waals surface area contributed by atoms with Gasteiger partial charge in [0.2, 0.25) is 0 Å². The molecule has 0 fully saturated rings. The minimum atomic E-state index is -0.256. The number of aryl methyl sites for hydroxylation is 1. The van der Waals surface area contributed by atoms with Gasteiger partial charge in [-0.3, -0.25) is 0 Å². The van der Waals surface area contributed by atoms with Crippen molar-refractivity contribution in [3.05, 3.63) is 23.5 Å². The molecule has 1 rings (SSSR count). The number of nitrogens with one attached hydrogen (secondary N) is 1. The van der Waals surface area contributed by atoms with E-state index in [1.165, 1.54) is 6.07 Å². The second-order valence-corrected chi connectivity index (χ2v) is 5.10. The first-order valence-electron chi connectivity index (χ1n) is 5.09. The van der Waals surface area contributed by atoms with E-state index in [4.69, 9.17) is 5.73 Å². The van der Waals surface area contributed by atoms with Crippen LogP contribution < -0.4 is 11.1 Å². The van der Waals surface area contributed by atoms with Gasteiger partial charge in [0.1, 0.15) is 5.82 Å². The van der Waals surface area contributed by atoms with Crippen LogP contribution in [0.3, 0.4) is 0 Å². The smallest absolute Gasteiger partial charge is 0.128 e. The molecule has 0 radical (unpaired) electrons. The summed E-state index contributed by atoms with van der Waals surface area (Å²) in [7, 11) is 0. The number of rotatable bonds is 2. The largest absolute Gasteiger partial charge is 0.397 e. The van der Waals surface area contributed by atoms with Crippen LogP contribution in [0.2, 0.25) is 0 Å². The van der Waals surface area contributed by atoms with Crippen LogP contribution in [-0.4, -0.2) is 6.54 Å². The Bertz CT molecular complexity index is 353. The second-order valence-electron chi connectivity index (χ2n) is 5.10. The zero-order valence-corrected chi connectivity index (χ0v) is 9.82. The van der Waals surface area contributed by atoms with Crippen LogP contribution in [0.25, 0.3) is 0 Å². The Hall–Kier alpha value is -1.25. The van der Waals surface area contributed by atoms with Crippen LogP contribution in [0.15, 0.2) is 12.1 Å². The average Bonchev–Trinajstić information content (AvgIpc) is 2.07. The Balaban J connectivity index is 2.82. The SMILES string of the molecule is Cc1cc(NCC(C)(C)C)c(N)cc1F. The van der Waals surface area contributed by atoms with E-state index >= 15 is 0 Å². The Labute approximate surface area is 90.7 Å². The van der Waals surface area contributed by atoms with Crippen LogP contribution in [-0.2, 0) is 0 Å². The van der Waals surface area contributed by atoms with Gasteiger partial charge in [-0.25, -0.2) is 4.39 Å². The van der Waals surface area contributed by atoms with E-state index < -0.39 is 0 Å². The molecule has 2 nitrogen and oxygen atoms in total. The summed E-state index contributed by atoms with van der Waals surface area (Å²) in [6.45, 7) is 8.94. The molecule has 3 N–H and O–H groups in total. The molecule has 1 aromatic carbocycles. The van der Waals surface area contributed by atoms with Crippen LogP contribution in [0.4, 0.5) is 15.8 Å². The highest BCUT2D eigenvalue weighted by Crippen LogP contribution is 2.24. The van der Waals surface area contributed by atoms with Gasteiger partial charge >= 0.3 is 0 Å². The number of anilines is 2. The fraction of sp³-hybridized carbons (Fsp3) is 0.500.